The monoisotopic (exact) mass is 410 g/mol. The minimum atomic E-state index is -1.80. The Kier molecular flexibility index (Phi) is 8.36. The van der Waals surface area contributed by atoms with Crippen molar-refractivity contribution in [2.75, 3.05) is 13.2 Å². The highest BCUT2D eigenvalue weighted by Gasteiger charge is 2.39. The summed E-state index contributed by atoms with van der Waals surface area (Å²) in [5.74, 6) is 0.962. The summed E-state index contributed by atoms with van der Waals surface area (Å²) in [6, 6.07) is 8.33. The van der Waals surface area contributed by atoms with Crippen LogP contribution in [0.15, 0.2) is 24.3 Å². The fourth-order valence-corrected chi connectivity index (χ4v) is 4.15. The number of hydrogen-bond acceptors (Lipinski definition) is 3. The molecule has 5 heteroatoms. The molecule has 0 amide bonds. The third-order valence-electron chi connectivity index (χ3n) is 6.05. The summed E-state index contributed by atoms with van der Waals surface area (Å²) < 4.78 is 18.4. The Morgan fingerprint density at radius 2 is 1.41 bits per heavy atom. The molecule has 156 valence electrons. The van der Waals surface area contributed by atoms with E-state index in [4.69, 9.17) is 13.6 Å². The van der Waals surface area contributed by atoms with Gasteiger partial charge in [-0.25, -0.2) is 0 Å². The van der Waals surface area contributed by atoms with Crippen LogP contribution in [0.1, 0.15) is 53.5 Å². The van der Waals surface area contributed by atoms with Crippen LogP contribution in [-0.4, -0.2) is 29.8 Å². The number of rotatable bonds is 9. The highest BCUT2D eigenvalue weighted by Crippen LogP contribution is 2.38. The van der Waals surface area contributed by atoms with Crippen LogP contribution < -0.4 is 4.43 Å². The van der Waals surface area contributed by atoms with Gasteiger partial charge in [-0.1, -0.05) is 53.7 Å². The van der Waals surface area contributed by atoms with Gasteiger partial charge in [0, 0.05) is 13.2 Å². The van der Waals surface area contributed by atoms with Crippen LogP contribution in [0, 0.1) is 0 Å². The van der Waals surface area contributed by atoms with Crippen molar-refractivity contribution in [2.45, 2.75) is 90.8 Å². The second kappa shape index (κ2) is 9.25. The number of hydrogen-bond donors (Lipinski definition) is 0. The van der Waals surface area contributed by atoms with Gasteiger partial charge in [0.05, 0.1) is 6.61 Å². The molecule has 0 aromatic heterocycles. The molecule has 0 saturated heterocycles. The fraction of sp³-hybridized carbons (Fsp3) is 0.727. The Morgan fingerprint density at radius 1 is 0.815 bits per heavy atom. The summed E-state index contributed by atoms with van der Waals surface area (Å²) in [5.41, 5.74) is 1.16. The zero-order valence-electron chi connectivity index (χ0n) is 19.4. The lowest BCUT2D eigenvalue weighted by atomic mass is 10.2. The van der Waals surface area contributed by atoms with Crippen LogP contribution >= 0.6 is 0 Å². The van der Waals surface area contributed by atoms with Gasteiger partial charge in [0.2, 0.25) is 8.32 Å². The summed E-state index contributed by atoms with van der Waals surface area (Å²) >= 11 is 0. The zero-order valence-corrected chi connectivity index (χ0v) is 21.4. The van der Waals surface area contributed by atoms with Gasteiger partial charge in [0.1, 0.15) is 5.75 Å². The summed E-state index contributed by atoms with van der Waals surface area (Å²) in [7, 11) is -3.45. The van der Waals surface area contributed by atoms with E-state index in [0.717, 1.165) is 30.9 Å². The second-order valence-electron chi connectivity index (χ2n) is 10.5. The van der Waals surface area contributed by atoms with Gasteiger partial charge in [-0.15, -0.1) is 0 Å². The van der Waals surface area contributed by atoms with Crippen LogP contribution in [0.4, 0.5) is 0 Å². The fourth-order valence-electron chi connectivity index (χ4n) is 2.04. The Balaban J connectivity index is 2.43. The third kappa shape index (κ3) is 7.72. The molecule has 0 saturated carbocycles. The molecule has 0 unspecified atom stereocenters. The van der Waals surface area contributed by atoms with Crippen molar-refractivity contribution < 1.29 is 13.6 Å². The number of benzene rings is 1. The molecule has 0 radical (unpaired) electrons. The largest absolute Gasteiger partial charge is 0.543 e. The van der Waals surface area contributed by atoms with E-state index < -0.39 is 16.6 Å². The van der Waals surface area contributed by atoms with Gasteiger partial charge in [0.25, 0.3) is 0 Å². The van der Waals surface area contributed by atoms with E-state index in [1.165, 1.54) is 0 Å². The maximum atomic E-state index is 6.39. The van der Waals surface area contributed by atoms with E-state index in [2.05, 4.69) is 92.0 Å². The highest BCUT2D eigenvalue weighted by atomic mass is 28.4. The molecule has 3 nitrogen and oxygen atoms in total. The number of ether oxygens (including phenoxy) is 1. The van der Waals surface area contributed by atoms with Crippen molar-refractivity contribution in [1.29, 1.82) is 0 Å². The van der Waals surface area contributed by atoms with Crippen LogP contribution in [-0.2, 0) is 15.8 Å². The average Bonchev–Trinajstić information content (AvgIpc) is 2.48. The first-order chi connectivity index (χ1) is 12.2. The standard InChI is InChI=1S/C22H42O3Si2/c1-21(2,3)26(7,8)24-16-12-15-23-18-19-13-11-14-20(17-19)25-27(9,10)22(4,5)6/h11,13-14,17H,12,15-16,18H2,1-10H3. The molecule has 0 spiro atoms. The minimum Gasteiger partial charge on any atom is -0.543 e. The molecular formula is C22H42O3Si2. The van der Waals surface area contributed by atoms with Crippen molar-refractivity contribution in [1.82, 2.24) is 0 Å². The lowest BCUT2D eigenvalue weighted by molar-refractivity contribution is 0.105. The van der Waals surface area contributed by atoms with E-state index in [9.17, 15) is 0 Å². The summed E-state index contributed by atoms with van der Waals surface area (Å²) in [6.45, 7) is 24.9. The predicted molar refractivity (Wildman–Crippen MR) is 122 cm³/mol. The quantitative estimate of drug-likeness (QED) is 0.324. The Labute approximate surface area is 170 Å². The van der Waals surface area contributed by atoms with Gasteiger partial charge in [-0.05, 0) is 60.4 Å². The highest BCUT2D eigenvalue weighted by molar-refractivity contribution is 6.75. The van der Waals surface area contributed by atoms with Crippen molar-refractivity contribution in [3.05, 3.63) is 29.8 Å². The molecule has 0 fully saturated rings. The molecule has 1 aromatic carbocycles. The average molecular weight is 411 g/mol. The van der Waals surface area contributed by atoms with Crippen molar-refractivity contribution >= 4 is 16.6 Å². The zero-order chi connectivity index (χ0) is 20.9. The Bertz CT molecular complexity index is 584. The topological polar surface area (TPSA) is 27.7 Å². The first-order valence-corrected chi connectivity index (χ1v) is 16.0. The van der Waals surface area contributed by atoms with Crippen molar-refractivity contribution in [3.8, 4) is 5.75 Å². The molecule has 0 bridgehead atoms. The molecule has 0 aliphatic heterocycles. The second-order valence-corrected chi connectivity index (χ2v) is 20.1. The summed E-state index contributed by atoms with van der Waals surface area (Å²) in [4.78, 5) is 0. The summed E-state index contributed by atoms with van der Waals surface area (Å²) in [6.07, 6.45) is 0.937. The van der Waals surface area contributed by atoms with Crippen LogP contribution in [0.25, 0.3) is 0 Å². The first kappa shape index (κ1) is 24.4. The molecule has 1 aromatic rings. The SMILES string of the molecule is CC(C)(C)[Si](C)(C)OCCCOCc1cccc(O[Si](C)(C)C(C)(C)C)c1. The normalized spacial score (nSPS) is 13.7. The lowest BCUT2D eigenvalue weighted by Gasteiger charge is -2.36. The van der Waals surface area contributed by atoms with E-state index >= 15 is 0 Å². The van der Waals surface area contributed by atoms with Crippen LogP contribution in [0.5, 0.6) is 5.75 Å². The van der Waals surface area contributed by atoms with Gasteiger partial charge in [-0.3, -0.25) is 0 Å². The molecule has 0 aliphatic carbocycles. The Hall–Kier alpha value is -0.626. The van der Waals surface area contributed by atoms with Crippen molar-refractivity contribution in [3.63, 3.8) is 0 Å². The van der Waals surface area contributed by atoms with E-state index in [1.807, 2.05) is 0 Å². The Morgan fingerprint density at radius 3 is 1.96 bits per heavy atom. The van der Waals surface area contributed by atoms with Crippen LogP contribution in [0.3, 0.4) is 0 Å². The van der Waals surface area contributed by atoms with E-state index in [-0.39, 0.29) is 10.1 Å². The lowest BCUT2D eigenvalue weighted by Crippen LogP contribution is -2.43. The molecule has 0 N–H and O–H groups in total. The van der Waals surface area contributed by atoms with Gasteiger partial charge in [-0.2, -0.15) is 0 Å². The predicted octanol–water partition coefficient (Wildman–Crippen LogP) is 7.00. The van der Waals surface area contributed by atoms with Gasteiger partial charge >= 0.3 is 0 Å². The summed E-state index contributed by atoms with van der Waals surface area (Å²) in [5, 5.41) is 0.460. The molecule has 27 heavy (non-hydrogen) atoms. The molecule has 0 heterocycles. The third-order valence-corrected chi connectivity index (χ3v) is 14.9. The maximum Gasteiger partial charge on any atom is 0.250 e. The van der Waals surface area contributed by atoms with Gasteiger partial charge < -0.3 is 13.6 Å². The minimum absolute atomic E-state index is 0.198. The van der Waals surface area contributed by atoms with Gasteiger partial charge in [0.15, 0.2) is 8.32 Å². The smallest absolute Gasteiger partial charge is 0.250 e. The van der Waals surface area contributed by atoms with E-state index in [1.54, 1.807) is 0 Å². The van der Waals surface area contributed by atoms with E-state index in [0.29, 0.717) is 6.61 Å². The molecular weight excluding hydrogens is 368 g/mol. The molecule has 0 atom stereocenters. The van der Waals surface area contributed by atoms with Crippen LogP contribution in [0.2, 0.25) is 36.3 Å². The first-order valence-electron chi connectivity index (χ1n) is 10.2. The molecule has 0 aliphatic rings. The van der Waals surface area contributed by atoms with Crippen molar-refractivity contribution in [2.24, 2.45) is 0 Å². The molecule has 1 rings (SSSR count). The maximum absolute atomic E-state index is 6.39.